The zero-order valence-corrected chi connectivity index (χ0v) is 14.5. The van der Waals surface area contributed by atoms with Gasteiger partial charge in [0.2, 0.25) is 0 Å². The first-order valence-corrected chi connectivity index (χ1v) is 8.53. The van der Waals surface area contributed by atoms with Gasteiger partial charge in [-0.3, -0.25) is 0 Å². The van der Waals surface area contributed by atoms with E-state index in [1.807, 2.05) is 30.3 Å². The Labute approximate surface area is 143 Å². The Bertz CT molecular complexity index is 809. The van der Waals surface area contributed by atoms with Crippen molar-refractivity contribution in [2.45, 2.75) is 33.2 Å². The van der Waals surface area contributed by atoms with Crippen molar-refractivity contribution in [2.24, 2.45) is 5.73 Å². The molecular weight excluding hydrogens is 298 g/mol. The molecule has 4 nitrogen and oxygen atoms in total. The lowest BCUT2D eigenvalue weighted by molar-refractivity contribution is 0.302. The number of hydrogen-bond donors (Lipinski definition) is 1. The fraction of sp³-hybridized carbons (Fsp3) is 0.350. The van der Waals surface area contributed by atoms with E-state index in [-0.39, 0.29) is 0 Å². The maximum atomic E-state index is 5.80. The summed E-state index contributed by atoms with van der Waals surface area (Å²) in [6.45, 7) is 6.47. The molecule has 0 aliphatic heterocycles. The van der Waals surface area contributed by atoms with Crippen LogP contribution in [0.25, 0.3) is 11.0 Å². The standard InChI is InChI=1S/C20H25N3O/c1-15-13-18-19(14-16(15)2)23(20(22-18)9-10-21)11-6-12-24-17-7-4-3-5-8-17/h3-5,7-8,13-14H,6,9-12,21H2,1-2H3. The number of para-hydroxylation sites is 1. The van der Waals surface area contributed by atoms with Crippen LogP contribution in [0.3, 0.4) is 0 Å². The Morgan fingerprint density at radius 3 is 2.58 bits per heavy atom. The summed E-state index contributed by atoms with van der Waals surface area (Å²) in [5.41, 5.74) is 10.6. The Hall–Kier alpha value is -2.33. The average Bonchev–Trinajstić information content (AvgIpc) is 2.90. The number of ether oxygens (including phenoxy) is 1. The van der Waals surface area contributed by atoms with Gasteiger partial charge in [-0.1, -0.05) is 18.2 Å². The molecule has 0 amide bonds. The zero-order valence-electron chi connectivity index (χ0n) is 14.5. The number of nitrogens with zero attached hydrogens (tertiary/aromatic N) is 2. The van der Waals surface area contributed by atoms with Crippen molar-refractivity contribution in [3.8, 4) is 5.75 Å². The average molecular weight is 323 g/mol. The summed E-state index contributed by atoms with van der Waals surface area (Å²) in [5.74, 6) is 1.99. The summed E-state index contributed by atoms with van der Waals surface area (Å²) in [7, 11) is 0. The molecule has 1 aromatic heterocycles. The molecule has 3 rings (SSSR count). The van der Waals surface area contributed by atoms with Gasteiger partial charge in [0, 0.05) is 13.0 Å². The first-order valence-electron chi connectivity index (χ1n) is 8.53. The highest BCUT2D eigenvalue weighted by Crippen LogP contribution is 2.21. The number of aromatic nitrogens is 2. The van der Waals surface area contributed by atoms with Crippen molar-refractivity contribution < 1.29 is 4.74 Å². The van der Waals surface area contributed by atoms with E-state index in [9.17, 15) is 0 Å². The predicted molar refractivity (Wildman–Crippen MR) is 98.5 cm³/mol. The molecule has 0 aliphatic carbocycles. The predicted octanol–water partition coefficient (Wildman–Crippen LogP) is 3.62. The van der Waals surface area contributed by atoms with Crippen molar-refractivity contribution in [3.63, 3.8) is 0 Å². The van der Waals surface area contributed by atoms with Gasteiger partial charge in [0.05, 0.1) is 17.6 Å². The summed E-state index contributed by atoms with van der Waals surface area (Å²) >= 11 is 0. The third-order valence-corrected chi connectivity index (χ3v) is 4.35. The van der Waals surface area contributed by atoms with Crippen LogP contribution in [0.4, 0.5) is 0 Å². The molecular formula is C20H25N3O. The van der Waals surface area contributed by atoms with Crippen molar-refractivity contribution in [1.29, 1.82) is 0 Å². The number of fused-ring (bicyclic) bond motifs is 1. The van der Waals surface area contributed by atoms with Crippen LogP contribution in [0.2, 0.25) is 0 Å². The van der Waals surface area contributed by atoms with Crippen LogP contribution in [-0.4, -0.2) is 22.7 Å². The highest BCUT2D eigenvalue weighted by molar-refractivity contribution is 5.78. The molecule has 126 valence electrons. The maximum Gasteiger partial charge on any atom is 0.119 e. The molecule has 2 aromatic carbocycles. The molecule has 0 bridgehead atoms. The first-order chi connectivity index (χ1) is 11.7. The highest BCUT2D eigenvalue weighted by Gasteiger charge is 2.11. The molecule has 0 saturated carbocycles. The van der Waals surface area contributed by atoms with Crippen LogP contribution in [0.15, 0.2) is 42.5 Å². The van der Waals surface area contributed by atoms with Crippen LogP contribution in [0, 0.1) is 13.8 Å². The number of rotatable bonds is 7. The molecule has 0 fully saturated rings. The van der Waals surface area contributed by atoms with Gasteiger partial charge in [0.15, 0.2) is 0 Å². The molecule has 0 aliphatic rings. The second-order valence-corrected chi connectivity index (χ2v) is 6.16. The van der Waals surface area contributed by atoms with Gasteiger partial charge in [-0.15, -0.1) is 0 Å². The SMILES string of the molecule is Cc1cc2nc(CCN)n(CCCOc3ccccc3)c2cc1C. The molecule has 0 radical (unpaired) electrons. The monoisotopic (exact) mass is 323 g/mol. The minimum absolute atomic E-state index is 0.613. The fourth-order valence-corrected chi connectivity index (χ4v) is 2.93. The number of hydrogen-bond acceptors (Lipinski definition) is 3. The van der Waals surface area contributed by atoms with E-state index in [1.54, 1.807) is 0 Å². The van der Waals surface area contributed by atoms with Crippen LogP contribution >= 0.6 is 0 Å². The lowest BCUT2D eigenvalue weighted by atomic mass is 10.1. The Balaban J connectivity index is 1.74. The second kappa shape index (κ2) is 7.49. The van der Waals surface area contributed by atoms with Gasteiger partial charge in [-0.2, -0.15) is 0 Å². The van der Waals surface area contributed by atoms with Crippen LogP contribution < -0.4 is 10.5 Å². The minimum atomic E-state index is 0.613. The zero-order chi connectivity index (χ0) is 16.9. The van der Waals surface area contributed by atoms with E-state index in [0.717, 1.165) is 36.5 Å². The molecule has 0 spiro atoms. The third kappa shape index (κ3) is 3.60. The van der Waals surface area contributed by atoms with E-state index in [1.165, 1.54) is 16.6 Å². The number of imidazole rings is 1. The maximum absolute atomic E-state index is 5.80. The van der Waals surface area contributed by atoms with Crippen molar-refractivity contribution in [3.05, 3.63) is 59.4 Å². The molecule has 0 atom stereocenters. The summed E-state index contributed by atoms with van der Waals surface area (Å²) in [6.07, 6.45) is 1.73. The number of nitrogens with two attached hydrogens (primary N) is 1. The fourth-order valence-electron chi connectivity index (χ4n) is 2.93. The van der Waals surface area contributed by atoms with Crippen LogP contribution in [0.5, 0.6) is 5.75 Å². The van der Waals surface area contributed by atoms with Crippen LogP contribution in [-0.2, 0) is 13.0 Å². The lowest BCUT2D eigenvalue weighted by Crippen LogP contribution is -2.12. The van der Waals surface area contributed by atoms with E-state index in [0.29, 0.717) is 13.2 Å². The van der Waals surface area contributed by atoms with Crippen molar-refractivity contribution in [1.82, 2.24) is 9.55 Å². The van der Waals surface area contributed by atoms with Gasteiger partial charge < -0.3 is 15.0 Å². The number of aryl methyl sites for hydroxylation is 3. The molecule has 4 heteroatoms. The van der Waals surface area contributed by atoms with Crippen molar-refractivity contribution in [2.75, 3.05) is 13.2 Å². The van der Waals surface area contributed by atoms with Gasteiger partial charge >= 0.3 is 0 Å². The molecule has 3 aromatic rings. The normalized spacial score (nSPS) is 11.1. The molecule has 24 heavy (non-hydrogen) atoms. The smallest absolute Gasteiger partial charge is 0.119 e. The van der Waals surface area contributed by atoms with E-state index >= 15 is 0 Å². The van der Waals surface area contributed by atoms with Gasteiger partial charge in [-0.25, -0.2) is 4.98 Å². The molecule has 1 heterocycles. The summed E-state index contributed by atoms with van der Waals surface area (Å²) in [6, 6.07) is 14.3. The topological polar surface area (TPSA) is 53.1 Å². The van der Waals surface area contributed by atoms with E-state index < -0.39 is 0 Å². The molecule has 0 unspecified atom stereocenters. The molecule has 2 N–H and O–H groups in total. The van der Waals surface area contributed by atoms with E-state index in [2.05, 4.69) is 30.5 Å². The van der Waals surface area contributed by atoms with E-state index in [4.69, 9.17) is 15.5 Å². The largest absolute Gasteiger partial charge is 0.494 e. The lowest BCUT2D eigenvalue weighted by Gasteiger charge is -2.10. The van der Waals surface area contributed by atoms with Gasteiger partial charge in [0.1, 0.15) is 11.6 Å². The second-order valence-electron chi connectivity index (χ2n) is 6.16. The Kier molecular flexibility index (Phi) is 5.16. The van der Waals surface area contributed by atoms with Gasteiger partial charge in [0.25, 0.3) is 0 Å². The summed E-state index contributed by atoms with van der Waals surface area (Å²) in [4.78, 5) is 4.78. The minimum Gasteiger partial charge on any atom is -0.494 e. The Morgan fingerprint density at radius 1 is 1.08 bits per heavy atom. The third-order valence-electron chi connectivity index (χ3n) is 4.35. The van der Waals surface area contributed by atoms with Gasteiger partial charge in [-0.05, 0) is 62.2 Å². The quantitative estimate of drug-likeness (QED) is 0.676. The summed E-state index contributed by atoms with van der Waals surface area (Å²) in [5, 5.41) is 0. The number of benzene rings is 2. The molecule has 0 saturated heterocycles. The highest BCUT2D eigenvalue weighted by atomic mass is 16.5. The Morgan fingerprint density at radius 2 is 1.83 bits per heavy atom. The first kappa shape index (κ1) is 16.5. The van der Waals surface area contributed by atoms with Crippen molar-refractivity contribution >= 4 is 11.0 Å². The van der Waals surface area contributed by atoms with Crippen LogP contribution in [0.1, 0.15) is 23.4 Å². The summed E-state index contributed by atoms with van der Waals surface area (Å²) < 4.78 is 8.10.